The number of nitrogens with one attached hydrogen (secondary N) is 1. The Bertz CT molecular complexity index is 920. The molecule has 0 amide bonds. The molecule has 0 fully saturated rings. The van der Waals surface area contributed by atoms with Crippen molar-refractivity contribution in [1.82, 2.24) is 14.6 Å². The first-order valence-corrected chi connectivity index (χ1v) is 10.1. The quantitative estimate of drug-likeness (QED) is 0.510. The maximum atomic E-state index is 6.08. The van der Waals surface area contributed by atoms with Crippen molar-refractivity contribution >= 4 is 23.1 Å². The zero-order valence-corrected chi connectivity index (χ0v) is 17.7. The van der Waals surface area contributed by atoms with Gasteiger partial charge in [-0.05, 0) is 31.0 Å². The van der Waals surface area contributed by atoms with Crippen LogP contribution in [0.15, 0.2) is 30.3 Å². The summed E-state index contributed by atoms with van der Waals surface area (Å²) in [6.07, 6.45) is 3.58. The van der Waals surface area contributed by atoms with E-state index in [1.165, 1.54) is 12.8 Å². The highest BCUT2D eigenvalue weighted by Crippen LogP contribution is 2.32. The van der Waals surface area contributed by atoms with Crippen molar-refractivity contribution in [3.8, 4) is 11.1 Å². The Morgan fingerprint density at radius 1 is 1.11 bits per heavy atom. The first-order valence-electron chi connectivity index (χ1n) is 9.72. The molecule has 0 spiro atoms. The van der Waals surface area contributed by atoms with E-state index in [1.54, 1.807) is 0 Å². The summed E-state index contributed by atoms with van der Waals surface area (Å²) in [7, 11) is 0. The fourth-order valence-corrected chi connectivity index (χ4v) is 3.31. The van der Waals surface area contributed by atoms with Gasteiger partial charge in [-0.2, -0.15) is 9.61 Å². The number of hydrogen-bond donors (Lipinski definition) is 1. The smallest absolute Gasteiger partial charge is 0.165 e. The van der Waals surface area contributed by atoms with Gasteiger partial charge in [0.15, 0.2) is 5.65 Å². The van der Waals surface area contributed by atoms with Crippen LogP contribution in [0.1, 0.15) is 58.3 Å². The Morgan fingerprint density at radius 3 is 2.44 bits per heavy atom. The third-order valence-electron chi connectivity index (χ3n) is 4.75. The number of rotatable bonds is 6. The van der Waals surface area contributed by atoms with E-state index in [2.05, 4.69) is 39.1 Å². The minimum Gasteiger partial charge on any atom is -0.370 e. The average molecular weight is 385 g/mol. The SMILES string of the molecule is CCCCCNc1cc(C(C)(C)C)nc2c(-c3ccc(Cl)cc3)c(C)nn12. The number of aryl methyl sites for hydroxylation is 1. The molecule has 0 radical (unpaired) electrons. The number of fused-ring (bicyclic) bond motifs is 1. The van der Waals surface area contributed by atoms with Crippen molar-refractivity contribution in [2.75, 3.05) is 11.9 Å². The lowest BCUT2D eigenvalue weighted by molar-refractivity contribution is 0.568. The van der Waals surface area contributed by atoms with Gasteiger partial charge in [-0.25, -0.2) is 4.98 Å². The highest BCUT2D eigenvalue weighted by atomic mass is 35.5. The summed E-state index contributed by atoms with van der Waals surface area (Å²) in [6, 6.07) is 10.0. The zero-order chi connectivity index (χ0) is 19.6. The number of anilines is 1. The summed E-state index contributed by atoms with van der Waals surface area (Å²) in [5.41, 5.74) is 5.02. The van der Waals surface area contributed by atoms with Gasteiger partial charge >= 0.3 is 0 Å². The molecular weight excluding hydrogens is 356 g/mol. The van der Waals surface area contributed by atoms with Gasteiger partial charge in [0.05, 0.1) is 11.4 Å². The second-order valence-electron chi connectivity index (χ2n) is 8.11. The van der Waals surface area contributed by atoms with Gasteiger partial charge in [-0.1, -0.05) is 64.3 Å². The Hall–Kier alpha value is -2.07. The molecule has 3 aromatic rings. The molecule has 3 rings (SSSR count). The maximum Gasteiger partial charge on any atom is 0.165 e. The lowest BCUT2D eigenvalue weighted by Gasteiger charge is -2.20. The van der Waals surface area contributed by atoms with E-state index in [-0.39, 0.29) is 5.41 Å². The van der Waals surface area contributed by atoms with Crippen molar-refractivity contribution in [2.24, 2.45) is 0 Å². The van der Waals surface area contributed by atoms with Gasteiger partial charge in [-0.3, -0.25) is 0 Å². The van der Waals surface area contributed by atoms with Crippen LogP contribution in [0.4, 0.5) is 5.82 Å². The van der Waals surface area contributed by atoms with Crippen molar-refractivity contribution in [2.45, 2.75) is 59.3 Å². The van der Waals surface area contributed by atoms with E-state index in [9.17, 15) is 0 Å². The standard InChI is InChI=1S/C22H29ClN4/c1-6-7-8-13-24-19-14-18(22(3,4)5)25-21-20(15(2)26-27(19)21)16-9-11-17(23)12-10-16/h9-12,14,24H,6-8,13H2,1-5H3. The van der Waals surface area contributed by atoms with Crippen LogP contribution in [-0.4, -0.2) is 21.1 Å². The maximum absolute atomic E-state index is 6.08. The monoisotopic (exact) mass is 384 g/mol. The van der Waals surface area contributed by atoms with Crippen molar-refractivity contribution < 1.29 is 0 Å². The molecule has 1 aromatic carbocycles. The van der Waals surface area contributed by atoms with Gasteiger partial charge in [0.25, 0.3) is 0 Å². The van der Waals surface area contributed by atoms with Gasteiger partial charge in [0.2, 0.25) is 0 Å². The summed E-state index contributed by atoms with van der Waals surface area (Å²) >= 11 is 6.08. The minimum absolute atomic E-state index is 0.0446. The van der Waals surface area contributed by atoms with E-state index < -0.39 is 0 Å². The summed E-state index contributed by atoms with van der Waals surface area (Å²) in [5.74, 6) is 1.00. The Balaban J connectivity index is 2.14. The second kappa shape index (κ2) is 7.89. The molecular formula is C22H29ClN4. The third-order valence-corrected chi connectivity index (χ3v) is 5.00. The first-order chi connectivity index (χ1) is 12.8. The van der Waals surface area contributed by atoms with E-state index in [0.29, 0.717) is 0 Å². The van der Waals surface area contributed by atoms with Crippen LogP contribution < -0.4 is 5.32 Å². The van der Waals surface area contributed by atoms with E-state index in [0.717, 1.165) is 52.0 Å². The molecule has 144 valence electrons. The topological polar surface area (TPSA) is 42.2 Å². The highest BCUT2D eigenvalue weighted by Gasteiger charge is 2.22. The number of benzene rings is 1. The molecule has 0 bridgehead atoms. The molecule has 0 aliphatic carbocycles. The van der Waals surface area contributed by atoms with Crippen LogP contribution in [0.5, 0.6) is 0 Å². The fraction of sp³-hybridized carbons (Fsp3) is 0.455. The fourth-order valence-electron chi connectivity index (χ4n) is 3.18. The first kappa shape index (κ1) is 19.7. The van der Waals surface area contributed by atoms with E-state index >= 15 is 0 Å². The number of nitrogens with zero attached hydrogens (tertiary/aromatic N) is 3. The van der Waals surface area contributed by atoms with Gasteiger partial charge in [0.1, 0.15) is 5.82 Å². The molecule has 0 aliphatic rings. The van der Waals surface area contributed by atoms with Gasteiger partial charge in [0, 0.05) is 28.6 Å². The lowest BCUT2D eigenvalue weighted by Crippen LogP contribution is -2.17. The van der Waals surface area contributed by atoms with Gasteiger partial charge in [-0.15, -0.1) is 0 Å². The molecule has 5 heteroatoms. The number of unbranched alkanes of at least 4 members (excludes halogenated alkanes) is 2. The van der Waals surface area contributed by atoms with Crippen molar-refractivity contribution in [3.05, 3.63) is 46.7 Å². The summed E-state index contributed by atoms with van der Waals surface area (Å²) in [6.45, 7) is 11.8. The van der Waals surface area contributed by atoms with Crippen LogP contribution in [0, 0.1) is 6.92 Å². The molecule has 2 aromatic heterocycles. The van der Waals surface area contributed by atoms with Crippen LogP contribution in [0.3, 0.4) is 0 Å². The van der Waals surface area contributed by atoms with Crippen LogP contribution in [0.25, 0.3) is 16.8 Å². The number of hydrogen-bond acceptors (Lipinski definition) is 3. The molecule has 1 N–H and O–H groups in total. The molecule has 2 heterocycles. The third kappa shape index (κ3) is 4.27. The summed E-state index contributed by atoms with van der Waals surface area (Å²) in [5, 5.41) is 9.10. The van der Waals surface area contributed by atoms with E-state index in [4.69, 9.17) is 21.7 Å². The van der Waals surface area contributed by atoms with E-state index in [1.807, 2.05) is 35.7 Å². The van der Waals surface area contributed by atoms with Crippen LogP contribution >= 0.6 is 11.6 Å². The summed E-state index contributed by atoms with van der Waals surface area (Å²) < 4.78 is 1.94. The number of aromatic nitrogens is 3. The Labute approximate surface area is 167 Å². The molecule has 0 unspecified atom stereocenters. The highest BCUT2D eigenvalue weighted by molar-refractivity contribution is 6.30. The number of halogens is 1. The zero-order valence-electron chi connectivity index (χ0n) is 16.9. The lowest BCUT2D eigenvalue weighted by atomic mass is 9.92. The van der Waals surface area contributed by atoms with Crippen molar-refractivity contribution in [1.29, 1.82) is 0 Å². The second-order valence-corrected chi connectivity index (χ2v) is 8.55. The molecule has 0 saturated carbocycles. The van der Waals surface area contributed by atoms with Crippen LogP contribution in [-0.2, 0) is 5.41 Å². The molecule has 0 aliphatic heterocycles. The largest absolute Gasteiger partial charge is 0.370 e. The molecule has 4 nitrogen and oxygen atoms in total. The van der Waals surface area contributed by atoms with Gasteiger partial charge < -0.3 is 5.32 Å². The average Bonchev–Trinajstić information content (AvgIpc) is 2.95. The van der Waals surface area contributed by atoms with Crippen molar-refractivity contribution in [3.63, 3.8) is 0 Å². The summed E-state index contributed by atoms with van der Waals surface area (Å²) in [4.78, 5) is 5.00. The predicted molar refractivity (Wildman–Crippen MR) is 115 cm³/mol. The van der Waals surface area contributed by atoms with Crippen LogP contribution in [0.2, 0.25) is 5.02 Å². The minimum atomic E-state index is -0.0446. The molecule has 0 saturated heterocycles. The molecule has 0 atom stereocenters. The Morgan fingerprint density at radius 2 is 1.81 bits per heavy atom. The predicted octanol–water partition coefficient (Wildman–Crippen LogP) is 6.26. The normalized spacial score (nSPS) is 11.9. The Kier molecular flexibility index (Phi) is 5.75. The molecule has 27 heavy (non-hydrogen) atoms.